The summed E-state index contributed by atoms with van der Waals surface area (Å²) in [5.74, 6) is -1.25. The molecule has 0 aliphatic heterocycles. The molecule has 0 saturated heterocycles. The van der Waals surface area contributed by atoms with E-state index < -0.39 is 42.0 Å². The van der Waals surface area contributed by atoms with Crippen molar-refractivity contribution in [2.45, 2.75) is 45.2 Å². The van der Waals surface area contributed by atoms with E-state index in [9.17, 15) is 36.2 Å². The van der Waals surface area contributed by atoms with E-state index in [0.717, 1.165) is 5.56 Å². The lowest BCUT2D eigenvalue weighted by Gasteiger charge is -2.31. The normalized spacial score (nSPS) is 13.2. The van der Waals surface area contributed by atoms with Crippen LogP contribution >= 0.6 is 0 Å². The van der Waals surface area contributed by atoms with E-state index in [4.69, 9.17) is 0 Å². The minimum Gasteiger partial charge on any atom is -0.480 e. The molecule has 1 N–H and O–H groups in total. The van der Waals surface area contributed by atoms with Gasteiger partial charge in [-0.3, -0.25) is 0 Å². The average Bonchev–Trinajstić information content (AvgIpc) is 2.63. The van der Waals surface area contributed by atoms with E-state index in [2.05, 4.69) is 0 Å². The van der Waals surface area contributed by atoms with Gasteiger partial charge < -0.3 is 10.0 Å². The zero-order valence-electron chi connectivity index (χ0n) is 15.6. The van der Waals surface area contributed by atoms with E-state index in [1.165, 1.54) is 11.8 Å². The number of rotatable bonds is 6. The number of hydrogen-bond donors (Lipinski definition) is 1. The molecule has 9 heteroatoms. The Morgan fingerprint density at radius 2 is 1.52 bits per heavy atom. The maximum absolute atomic E-state index is 13.1. The highest BCUT2D eigenvalue weighted by atomic mass is 19.4. The molecule has 3 nitrogen and oxygen atoms in total. The van der Waals surface area contributed by atoms with Crippen LogP contribution in [0.1, 0.15) is 36.1 Å². The molecule has 0 amide bonds. The van der Waals surface area contributed by atoms with Crippen LogP contribution in [-0.2, 0) is 30.1 Å². The predicted octanol–water partition coefficient (Wildman–Crippen LogP) is 5.77. The third-order valence-electron chi connectivity index (χ3n) is 4.51. The molecular weight excluding hydrogens is 400 g/mol. The van der Waals surface area contributed by atoms with E-state index in [-0.39, 0.29) is 11.6 Å². The highest BCUT2D eigenvalue weighted by molar-refractivity contribution is 5.78. The van der Waals surface area contributed by atoms with Crippen LogP contribution < -0.4 is 4.90 Å². The van der Waals surface area contributed by atoms with E-state index in [1.807, 2.05) is 6.92 Å². The Bertz CT molecular complexity index is 844. The van der Waals surface area contributed by atoms with Crippen molar-refractivity contribution in [1.82, 2.24) is 0 Å². The second kappa shape index (κ2) is 8.34. The summed E-state index contributed by atoms with van der Waals surface area (Å²) >= 11 is 0. The van der Waals surface area contributed by atoms with Crippen molar-refractivity contribution in [2.75, 3.05) is 4.90 Å². The Morgan fingerprint density at radius 1 is 1.00 bits per heavy atom. The summed E-state index contributed by atoms with van der Waals surface area (Å²) in [5, 5.41) is 9.42. The van der Waals surface area contributed by atoms with Gasteiger partial charge in [0.25, 0.3) is 0 Å². The Labute approximate surface area is 163 Å². The first-order chi connectivity index (χ1) is 13.3. The van der Waals surface area contributed by atoms with E-state index in [1.54, 1.807) is 24.3 Å². The molecular formula is C20H19F6NO2. The van der Waals surface area contributed by atoms with Gasteiger partial charge in [0.05, 0.1) is 11.1 Å². The first kappa shape index (κ1) is 22.6. The van der Waals surface area contributed by atoms with Crippen molar-refractivity contribution in [3.63, 3.8) is 0 Å². The van der Waals surface area contributed by atoms with Gasteiger partial charge in [0.1, 0.15) is 6.04 Å². The molecule has 0 fully saturated rings. The zero-order chi connectivity index (χ0) is 22.0. The fourth-order valence-electron chi connectivity index (χ4n) is 2.96. The van der Waals surface area contributed by atoms with Gasteiger partial charge >= 0.3 is 18.3 Å². The number of carbonyl (C=O) groups is 1. The number of anilines is 1. The zero-order valence-corrected chi connectivity index (χ0v) is 15.6. The SMILES string of the molecule is CCc1ccccc1N(Cc1cc(C(F)(F)F)cc(C(F)(F)F)c1)C(C)C(=O)O. The summed E-state index contributed by atoms with van der Waals surface area (Å²) in [5.41, 5.74) is -1.99. The number of para-hydroxylation sites is 1. The summed E-state index contributed by atoms with van der Waals surface area (Å²) in [6.07, 6.45) is -9.43. The maximum atomic E-state index is 13.1. The topological polar surface area (TPSA) is 40.5 Å². The average molecular weight is 419 g/mol. The van der Waals surface area contributed by atoms with Crippen LogP contribution in [0.5, 0.6) is 0 Å². The van der Waals surface area contributed by atoms with Crippen molar-refractivity contribution in [3.8, 4) is 0 Å². The largest absolute Gasteiger partial charge is 0.480 e. The van der Waals surface area contributed by atoms with Crippen molar-refractivity contribution in [3.05, 3.63) is 64.7 Å². The summed E-state index contributed by atoms with van der Waals surface area (Å²) in [6, 6.07) is 6.78. The second-order valence-electron chi connectivity index (χ2n) is 6.54. The highest BCUT2D eigenvalue weighted by Gasteiger charge is 2.37. The monoisotopic (exact) mass is 419 g/mol. The minimum absolute atomic E-state index is 0.0501. The van der Waals surface area contributed by atoms with Crippen LogP contribution in [0, 0.1) is 0 Å². The molecule has 0 aliphatic carbocycles. The summed E-state index contributed by atoms with van der Waals surface area (Å²) in [4.78, 5) is 12.8. The van der Waals surface area contributed by atoms with E-state index in [0.29, 0.717) is 24.2 Å². The van der Waals surface area contributed by atoms with E-state index >= 15 is 0 Å². The Morgan fingerprint density at radius 3 is 1.97 bits per heavy atom. The standard InChI is InChI=1S/C20H19F6NO2/c1-3-14-6-4-5-7-17(14)27(12(2)18(28)29)11-13-8-15(19(21,22)23)10-16(9-13)20(24,25)26/h4-10,12H,3,11H2,1-2H3,(H,28,29). The van der Waals surface area contributed by atoms with Gasteiger partial charge in [-0.05, 0) is 48.7 Å². The van der Waals surface area contributed by atoms with Crippen LogP contribution in [0.3, 0.4) is 0 Å². The number of halogens is 6. The first-order valence-corrected chi connectivity index (χ1v) is 8.70. The lowest BCUT2D eigenvalue weighted by atomic mass is 10.0. The van der Waals surface area contributed by atoms with Crippen molar-refractivity contribution < 1.29 is 36.2 Å². The van der Waals surface area contributed by atoms with Crippen LogP contribution in [0.4, 0.5) is 32.0 Å². The fourth-order valence-corrected chi connectivity index (χ4v) is 2.96. The predicted molar refractivity (Wildman–Crippen MR) is 95.5 cm³/mol. The molecule has 2 aromatic carbocycles. The molecule has 0 saturated carbocycles. The smallest absolute Gasteiger partial charge is 0.416 e. The fraction of sp³-hybridized carbons (Fsp3) is 0.350. The molecule has 0 spiro atoms. The van der Waals surface area contributed by atoms with Crippen LogP contribution in [0.15, 0.2) is 42.5 Å². The number of carboxylic acids is 1. The molecule has 1 unspecified atom stereocenters. The molecule has 0 heterocycles. The molecule has 1 atom stereocenters. The number of benzene rings is 2. The molecule has 2 aromatic rings. The second-order valence-corrected chi connectivity index (χ2v) is 6.54. The van der Waals surface area contributed by atoms with Crippen molar-refractivity contribution >= 4 is 11.7 Å². The third kappa shape index (κ3) is 5.42. The van der Waals surface area contributed by atoms with Crippen LogP contribution in [0.25, 0.3) is 0 Å². The van der Waals surface area contributed by atoms with Gasteiger partial charge in [0, 0.05) is 12.2 Å². The Kier molecular flexibility index (Phi) is 6.50. The van der Waals surface area contributed by atoms with Gasteiger partial charge in [0.2, 0.25) is 0 Å². The van der Waals surface area contributed by atoms with Gasteiger partial charge in [0.15, 0.2) is 0 Å². The van der Waals surface area contributed by atoms with Gasteiger partial charge in [-0.25, -0.2) is 4.79 Å². The van der Waals surface area contributed by atoms with Crippen molar-refractivity contribution in [1.29, 1.82) is 0 Å². The molecule has 158 valence electrons. The molecule has 0 bridgehead atoms. The Hall–Kier alpha value is -2.71. The van der Waals surface area contributed by atoms with Crippen LogP contribution in [0.2, 0.25) is 0 Å². The minimum atomic E-state index is -4.97. The number of nitrogens with zero attached hydrogens (tertiary/aromatic N) is 1. The number of alkyl halides is 6. The van der Waals surface area contributed by atoms with Gasteiger partial charge in [-0.2, -0.15) is 26.3 Å². The third-order valence-corrected chi connectivity index (χ3v) is 4.51. The quantitative estimate of drug-likeness (QED) is 0.605. The lowest BCUT2D eigenvalue weighted by molar-refractivity contribution is -0.143. The van der Waals surface area contributed by atoms with Gasteiger partial charge in [-0.15, -0.1) is 0 Å². The summed E-state index contributed by atoms with van der Waals surface area (Å²) in [7, 11) is 0. The summed E-state index contributed by atoms with van der Waals surface area (Å²) in [6.45, 7) is 2.71. The van der Waals surface area contributed by atoms with Crippen LogP contribution in [-0.4, -0.2) is 17.1 Å². The van der Waals surface area contributed by atoms with Gasteiger partial charge in [-0.1, -0.05) is 25.1 Å². The van der Waals surface area contributed by atoms with Crippen molar-refractivity contribution in [2.24, 2.45) is 0 Å². The molecule has 0 aromatic heterocycles. The molecule has 0 aliphatic rings. The maximum Gasteiger partial charge on any atom is 0.416 e. The first-order valence-electron chi connectivity index (χ1n) is 8.70. The molecule has 29 heavy (non-hydrogen) atoms. The number of aryl methyl sites for hydroxylation is 1. The molecule has 2 rings (SSSR count). The summed E-state index contributed by atoms with van der Waals surface area (Å²) < 4.78 is 78.8. The lowest BCUT2D eigenvalue weighted by Crippen LogP contribution is -2.39. The molecule has 0 radical (unpaired) electrons. The number of aliphatic carboxylic acids is 1. The number of carboxylic acid groups (broad SMARTS) is 1. The highest BCUT2D eigenvalue weighted by Crippen LogP contribution is 2.37. The number of hydrogen-bond acceptors (Lipinski definition) is 2. The Balaban J connectivity index is 2.60.